The van der Waals surface area contributed by atoms with Crippen molar-refractivity contribution in [3.63, 3.8) is 0 Å². The van der Waals surface area contributed by atoms with Crippen LogP contribution in [0.2, 0.25) is 0 Å². The van der Waals surface area contributed by atoms with Crippen LogP contribution < -0.4 is 10.6 Å². The van der Waals surface area contributed by atoms with E-state index in [1.165, 1.54) is 0 Å². The van der Waals surface area contributed by atoms with Crippen molar-refractivity contribution in [3.05, 3.63) is 54.1 Å². The standard InChI is InChI=1S/C14H15N3/c1-15-11-7-3-2-6-10(11)14-16-12-8-4-5-9-13(12)17-14/h2-9,12-13,15H,1H3,(H,16,17). The van der Waals surface area contributed by atoms with E-state index >= 15 is 0 Å². The lowest BCUT2D eigenvalue weighted by atomic mass is 10.1. The van der Waals surface area contributed by atoms with E-state index in [-0.39, 0.29) is 6.04 Å². The number of hydrogen-bond donors (Lipinski definition) is 2. The fraction of sp³-hybridized carbons (Fsp3) is 0.214. The second kappa shape index (κ2) is 4.09. The highest BCUT2D eigenvalue weighted by Gasteiger charge is 2.27. The zero-order valence-corrected chi connectivity index (χ0v) is 9.72. The minimum Gasteiger partial charge on any atom is -0.388 e. The Bertz CT molecular complexity index is 514. The Balaban J connectivity index is 1.96. The van der Waals surface area contributed by atoms with Crippen molar-refractivity contribution in [1.82, 2.24) is 5.32 Å². The minimum atomic E-state index is 0.236. The van der Waals surface area contributed by atoms with E-state index in [9.17, 15) is 0 Å². The number of hydrogen-bond acceptors (Lipinski definition) is 3. The SMILES string of the molecule is CNc1ccccc1C1=NC2C=CC=CC2N1. The molecule has 1 aromatic rings. The molecule has 0 bridgehead atoms. The molecule has 2 atom stereocenters. The first-order valence-corrected chi connectivity index (χ1v) is 5.85. The van der Waals surface area contributed by atoms with Crippen LogP contribution >= 0.6 is 0 Å². The minimum absolute atomic E-state index is 0.236. The summed E-state index contributed by atoms with van der Waals surface area (Å²) in [6, 6.07) is 8.75. The third-order valence-corrected chi connectivity index (χ3v) is 3.14. The maximum absolute atomic E-state index is 4.72. The summed E-state index contributed by atoms with van der Waals surface area (Å²) in [7, 11) is 1.93. The second-order valence-electron chi connectivity index (χ2n) is 4.20. The zero-order chi connectivity index (χ0) is 11.7. The van der Waals surface area contributed by atoms with Gasteiger partial charge in [0.15, 0.2) is 0 Å². The maximum Gasteiger partial charge on any atom is 0.131 e. The summed E-state index contributed by atoms with van der Waals surface area (Å²) >= 11 is 0. The van der Waals surface area contributed by atoms with Crippen molar-refractivity contribution < 1.29 is 0 Å². The number of amidine groups is 1. The molecule has 0 radical (unpaired) electrons. The van der Waals surface area contributed by atoms with Crippen LogP contribution in [0.1, 0.15) is 5.56 Å². The number of para-hydroxylation sites is 1. The summed E-state index contributed by atoms with van der Waals surface area (Å²) in [6.07, 6.45) is 8.41. The van der Waals surface area contributed by atoms with E-state index in [1.807, 2.05) is 19.2 Å². The lowest BCUT2D eigenvalue weighted by Crippen LogP contribution is -2.33. The van der Waals surface area contributed by atoms with Gasteiger partial charge in [0, 0.05) is 18.3 Å². The Morgan fingerprint density at radius 3 is 2.82 bits per heavy atom. The first-order chi connectivity index (χ1) is 8.38. The van der Waals surface area contributed by atoms with Gasteiger partial charge in [0.1, 0.15) is 5.84 Å². The van der Waals surface area contributed by atoms with E-state index in [0.29, 0.717) is 6.04 Å². The van der Waals surface area contributed by atoms with Crippen LogP contribution in [0.3, 0.4) is 0 Å². The highest BCUT2D eigenvalue weighted by Crippen LogP contribution is 2.21. The van der Waals surface area contributed by atoms with Gasteiger partial charge >= 0.3 is 0 Å². The summed E-state index contributed by atoms with van der Waals surface area (Å²) in [4.78, 5) is 4.72. The largest absolute Gasteiger partial charge is 0.388 e. The quantitative estimate of drug-likeness (QED) is 0.807. The third-order valence-electron chi connectivity index (χ3n) is 3.14. The van der Waals surface area contributed by atoms with Crippen molar-refractivity contribution in [2.45, 2.75) is 12.1 Å². The normalized spacial score (nSPS) is 25.1. The summed E-state index contributed by atoms with van der Waals surface area (Å²) in [5.41, 5.74) is 2.23. The zero-order valence-electron chi connectivity index (χ0n) is 9.72. The lowest BCUT2D eigenvalue weighted by molar-refractivity contribution is 0.695. The molecule has 3 nitrogen and oxygen atoms in total. The molecule has 0 fully saturated rings. The van der Waals surface area contributed by atoms with E-state index in [1.54, 1.807) is 0 Å². The van der Waals surface area contributed by atoms with Gasteiger partial charge in [-0.3, -0.25) is 4.99 Å². The van der Waals surface area contributed by atoms with Crippen LogP contribution in [-0.2, 0) is 0 Å². The number of aliphatic imine (C=N–C) groups is 1. The molecule has 3 rings (SSSR count). The van der Waals surface area contributed by atoms with E-state index < -0.39 is 0 Å². The highest BCUT2D eigenvalue weighted by atomic mass is 15.1. The Morgan fingerprint density at radius 1 is 1.18 bits per heavy atom. The van der Waals surface area contributed by atoms with Crippen molar-refractivity contribution in [2.75, 3.05) is 12.4 Å². The van der Waals surface area contributed by atoms with E-state index in [0.717, 1.165) is 17.1 Å². The van der Waals surface area contributed by atoms with Crippen molar-refractivity contribution in [3.8, 4) is 0 Å². The van der Waals surface area contributed by atoms with Gasteiger partial charge in [-0.05, 0) is 12.1 Å². The molecule has 0 saturated carbocycles. The monoisotopic (exact) mass is 225 g/mol. The molecule has 0 saturated heterocycles. The molecule has 0 aromatic heterocycles. The fourth-order valence-electron chi connectivity index (χ4n) is 2.25. The van der Waals surface area contributed by atoms with Gasteiger partial charge in [-0.2, -0.15) is 0 Å². The summed E-state index contributed by atoms with van der Waals surface area (Å²) in [6.45, 7) is 0. The molecule has 2 unspecified atom stereocenters. The number of benzene rings is 1. The average molecular weight is 225 g/mol. The first-order valence-electron chi connectivity index (χ1n) is 5.85. The van der Waals surface area contributed by atoms with E-state index in [4.69, 9.17) is 4.99 Å². The molecule has 1 aromatic carbocycles. The molecule has 3 heteroatoms. The molecule has 1 aliphatic carbocycles. The van der Waals surface area contributed by atoms with Crippen molar-refractivity contribution in [2.24, 2.45) is 4.99 Å². The topological polar surface area (TPSA) is 36.4 Å². The Morgan fingerprint density at radius 2 is 2.00 bits per heavy atom. The molecule has 1 heterocycles. The molecule has 86 valence electrons. The van der Waals surface area contributed by atoms with Gasteiger partial charge in [0.2, 0.25) is 0 Å². The molecule has 17 heavy (non-hydrogen) atoms. The summed E-state index contributed by atoms with van der Waals surface area (Å²) < 4.78 is 0. The van der Waals surface area contributed by atoms with Crippen molar-refractivity contribution in [1.29, 1.82) is 0 Å². The van der Waals surface area contributed by atoms with Gasteiger partial charge in [-0.25, -0.2) is 0 Å². The Kier molecular flexibility index (Phi) is 2.44. The highest BCUT2D eigenvalue weighted by molar-refractivity contribution is 6.05. The van der Waals surface area contributed by atoms with Crippen molar-refractivity contribution >= 4 is 11.5 Å². The number of allylic oxidation sites excluding steroid dienone is 2. The fourth-order valence-corrected chi connectivity index (χ4v) is 2.25. The predicted molar refractivity (Wildman–Crippen MR) is 71.5 cm³/mol. The van der Waals surface area contributed by atoms with E-state index in [2.05, 4.69) is 47.1 Å². The van der Waals surface area contributed by atoms with Gasteiger partial charge in [-0.15, -0.1) is 0 Å². The molecule has 0 spiro atoms. The maximum atomic E-state index is 4.72. The number of rotatable bonds is 2. The first kappa shape index (κ1) is 10.1. The molecule has 1 aliphatic heterocycles. The van der Waals surface area contributed by atoms with Gasteiger partial charge in [0.25, 0.3) is 0 Å². The summed E-state index contributed by atoms with van der Waals surface area (Å²) in [5.74, 6) is 0.973. The van der Waals surface area contributed by atoms with Crippen LogP contribution in [0.15, 0.2) is 53.6 Å². The predicted octanol–water partition coefficient (Wildman–Crippen LogP) is 1.94. The average Bonchev–Trinajstić information content (AvgIpc) is 2.82. The molecular weight excluding hydrogens is 210 g/mol. The smallest absolute Gasteiger partial charge is 0.131 e. The van der Waals surface area contributed by atoms with Crippen LogP contribution in [0.25, 0.3) is 0 Å². The van der Waals surface area contributed by atoms with Crippen LogP contribution in [0.5, 0.6) is 0 Å². The van der Waals surface area contributed by atoms with Crippen LogP contribution in [-0.4, -0.2) is 25.0 Å². The Labute approximate surface area is 101 Å². The number of nitrogens with one attached hydrogen (secondary N) is 2. The van der Waals surface area contributed by atoms with Crippen LogP contribution in [0, 0.1) is 0 Å². The lowest BCUT2D eigenvalue weighted by Gasteiger charge is -2.14. The second-order valence-corrected chi connectivity index (χ2v) is 4.20. The molecule has 2 aliphatic rings. The molecule has 0 amide bonds. The molecular formula is C14H15N3. The molecule has 2 N–H and O–H groups in total. The number of nitrogens with zero attached hydrogens (tertiary/aromatic N) is 1. The summed E-state index contributed by atoms with van der Waals surface area (Å²) in [5, 5.41) is 6.65. The number of anilines is 1. The van der Waals surface area contributed by atoms with Gasteiger partial charge in [-0.1, -0.05) is 36.4 Å². The third kappa shape index (κ3) is 1.73. The Hall–Kier alpha value is -2.03. The van der Waals surface area contributed by atoms with Crippen LogP contribution in [0.4, 0.5) is 5.69 Å². The van der Waals surface area contributed by atoms with Gasteiger partial charge < -0.3 is 10.6 Å². The number of fused-ring (bicyclic) bond motifs is 1. The van der Waals surface area contributed by atoms with Gasteiger partial charge in [0.05, 0.1) is 12.1 Å².